The van der Waals surface area contributed by atoms with Gasteiger partial charge < -0.3 is 15.6 Å². The molecule has 1 rings (SSSR count). The van der Waals surface area contributed by atoms with Gasteiger partial charge in [-0.1, -0.05) is 6.92 Å². The minimum Gasteiger partial charge on any atom is -0.550 e. The first-order valence-electron chi connectivity index (χ1n) is 4.00. The Morgan fingerprint density at radius 1 is 1.64 bits per heavy atom. The summed E-state index contributed by atoms with van der Waals surface area (Å²) in [6.45, 7) is 2.89. The number of aromatic nitrogens is 2. The van der Waals surface area contributed by atoms with Gasteiger partial charge in [-0.05, 0) is 6.92 Å². The van der Waals surface area contributed by atoms with Crippen LogP contribution < -0.4 is 16.4 Å². The van der Waals surface area contributed by atoms with Crippen LogP contribution in [0.25, 0.3) is 0 Å². The minimum absolute atomic E-state index is 0.0261. The maximum Gasteiger partial charge on any atom is 0.256 e. The lowest BCUT2D eigenvalue weighted by Gasteiger charge is -2.13. The predicted molar refractivity (Wildman–Crippen MR) is 47.4 cm³/mol. The topological polar surface area (TPSA) is 112 Å². The van der Waals surface area contributed by atoms with Crippen molar-refractivity contribution in [1.82, 2.24) is 9.97 Å². The summed E-state index contributed by atoms with van der Waals surface area (Å²) >= 11 is 0. The Kier molecular flexibility index (Phi) is 2.55. The summed E-state index contributed by atoms with van der Waals surface area (Å²) in [6.07, 6.45) is 0. The number of aromatic amines is 1. The molecule has 0 spiro atoms. The zero-order chi connectivity index (χ0) is 10.9. The molecule has 0 radical (unpaired) electrons. The van der Waals surface area contributed by atoms with Crippen LogP contribution in [0.15, 0.2) is 4.79 Å². The molecule has 0 saturated carbocycles. The first kappa shape index (κ1) is 10.2. The van der Waals surface area contributed by atoms with Crippen LogP contribution in [-0.4, -0.2) is 15.9 Å². The summed E-state index contributed by atoms with van der Waals surface area (Å²) < 4.78 is 0. The Morgan fingerprint density at radius 3 is 2.64 bits per heavy atom. The van der Waals surface area contributed by atoms with E-state index in [1.54, 1.807) is 0 Å². The molecule has 0 aliphatic heterocycles. The van der Waals surface area contributed by atoms with Crippen LogP contribution in [-0.2, 0) is 4.79 Å². The van der Waals surface area contributed by atoms with Crippen molar-refractivity contribution < 1.29 is 9.90 Å². The monoisotopic (exact) mass is 196 g/mol. The molecule has 0 amide bonds. The largest absolute Gasteiger partial charge is 0.550 e. The number of nitrogens with two attached hydrogens (primary N) is 1. The van der Waals surface area contributed by atoms with E-state index < -0.39 is 17.4 Å². The molecular formula is C8H10N3O3-. The fourth-order valence-electron chi connectivity index (χ4n) is 1.24. The number of carbonyl (C=O) groups excluding carboxylic acids is 1. The van der Waals surface area contributed by atoms with Crippen molar-refractivity contribution in [3.8, 4) is 0 Å². The number of nitrogens with one attached hydrogen (secondary N) is 1. The number of anilines is 1. The number of rotatable bonds is 2. The van der Waals surface area contributed by atoms with Gasteiger partial charge in [0.05, 0.1) is 5.69 Å². The maximum atomic E-state index is 11.3. The summed E-state index contributed by atoms with van der Waals surface area (Å²) in [4.78, 5) is 27.9. The number of hydrogen-bond acceptors (Lipinski definition) is 5. The van der Waals surface area contributed by atoms with Gasteiger partial charge >= 0.3 is 0 Å². The number of aliphatic carboxylic acids is 1. The standard InChI is InChI=1S/C8H11N3O3/c1-3(7(13)14)5-4(2)10-8(9)11-6(5)12/h3H,1-2H3,(H,13,14)(H3,9,10,11,12)/p-1/t3-/m1/s1. The lowest BCUT2D eigenvalue weighted by atomic mass is 10.0. The van der Waals surface area contributed by atoms with E-state index >= 15 is 0 Å². The number of nitrogen functional groups attached to an aromatic ring is 1. The Hall–Kier alpha value is -1.85. The molecule has 1 aromatic heterocycles. The van der Waals surface area contributed by atoms with Crippen LogP contribution in [0, 0.1) is 6.92 Å². The van der Waals surface area contributed by atoms with Gasteiger partial charge in [0, 0.05) is 17.5 Å². The van der Waals surface area contributed by atoms with Gasteiger partial charge in [-0.3, -0.25) is 9.78 Å². The summed E-state index contributed by atoms with van der Waals surface area (Å²) in [6, 6.07) is 0. The number of carboxylic acid groups (broad SMARTS) is 1. The highest BCUT2D eigenvalue weighted by Gasteiger charge is 2.15. The zero-order valence-electron chi connectivity index (χ0n) is 7.83. The van der Waals surface area contributed by atoms with Crippen LogP contribution in [0.3, 0.4) is 0 Å². The van der Waals surface area contributed by atoms with Gasteiger partial charge in [-0.2, -0.15) is 0 Å². The maximum absolute atomic E-state index is 11.3. The Balaban J connectivity index is 3.35. The molecule has 0 unspecified atom stereocenters. The highest BCUT2D eigenvalue weighted by atomic mass is 16.4. The molecule has 6 heteroatoms. The molecule has 0 fully saturated rings. The quantitative estimate of drug-likeness (QED) is 0.598. The molecular weight excluding hydrogens is 186 g/mol. The second-order valence-electron chi connectivity index (χ2n) is 2.99. The number of nitrogens with zero attached hydrogens (tertiary/aromatic N) is 1. The second kappa shape index (κ2) is 3.49. The first-order chi connectivity index (χ1) is 6.43. The third kappa shape index (κ3) is 1.73. The third-order valence-corrected chi connectivity index (χ3v) is 1.95. The van der Waals surface area contributed by atoms with E-state index in [1.165, 1.54) is 13.8 Å². The van der Waals surface area contributed by atoms with Gasteiger partial charge in [0.2, 0.25) is 5.95 Å². The molecule has 6 nitrogen and oxygen atoms in total. The van der Waals surface area contributed by atoms with Gasteiger partial charge in [-0.25, -0.2) is 4.98 Å². The van der Waals surface area contributed by atoms with Crippen LogP contribution in [0.1, 0.15) is 24.1 Å². The Bertz CT molecular complexity index is 424. The van der Waals surface area contributed by atoms with Crippen molar-refractivity contribution in [2.24, 2.45) is 0 Å². The smallest absolute Gasteiger partial charge is 0.256 e. The number of carbonyl (C=O) groups is 1. The molecule has 0 bridgehead atoms. The van der Waals surface area contributed by atoms with Crippen LogP contribution in [0.5, 0.6) is 0 Å². The average Bonchev–Trinajstić information content (AvgIpc) is 2.01. The van der Waals surface area contributed by atoms with Crippen molar-refractivity contribution >= 4 is 11.9 Å². The van der Waals surface area contributed by atoms with E-state index in [-0.39, 0.29) is 11.5 Å². The van der Waals surface area contributed by atoms with Crippen LogP contribution >= 0.6 is 0 Å². The lowest BCUT2D eigenvalue weighted by molar-refractivity contribution is -0.307. The van der Waals surface area contributed by atoms with Crippen molar-refractivity contribution in [3.05, 3.63) is 21.6 Å². The normalized spacial score (nSPS) is 12.4. The van der Waals surface area contributed by atoms with E-state index in [4.69, 9.17) is 5.73 Å². The van der Waals surface area contributed by atoms with E-state index in [1.807, 2.05) is 0 Å². The molecule has 3 N–H and O–H groups in total. The predicted octanol–water partition coefficient (Wildman–Crippen LogP) is -1.49. The first-order valence-corrected chi connectivity index (χ1v) is 4.00. The third-order valence-electron chi connectivity index (χ3n) is 1.95. The Labute approximate surface area is 79.8 Å². The summed E-state index contributed by atoms with van der Waals surface area (Å²) in [7, 11) is 0. The number of H-pyrrole nitrogens is 1. The number of hydrogen-bond donors (Lipinski definition) is 2. The van der Waals surface area contributed by atoms with Gasteiger partial charge in [0.25, 0.3) is 5.56 Å². The number of carboxylic acids is 1. The summed E-state index contributed by atoms with van der Waals surface area (Å²) in [5.41, 5.74) is 5.13. The van der Waals surface area contributed by atoms with E-state index in [0.29, 0.717) is 5.69 Å². The molecule has 1 atom stereocenters. The van der Waals surface area contributed by atoms with Gasteiger partial charge in [0.15, 0.2) is 0 Å². The van der Waals surface area contributed by atoms with Gasteiger partial charge in [0.1, 0.15) is 0 Å². The fraction of sp³-hybridized carbons (Fsp3) is 0.375. The summed E-state index contributed by atoms with van der Waals surface area (Å²) in [5.74, 6) is -2.33. The van der Waals surface area contributed by atoms with Gasteiger partial charge in [-0.15, -0.1) is 0 Å². The molecule has 1 aromatic rings. The average molecular weight is 196 g/mol. The number of aryl methyl sites for hydroxylation is 1. The second-order valence-corrected chi connectivity index (χ2v) is 2.99. The molecule has 0 aliphatic carbocycles. The van der Waals surface area contributed by atoms with E-state index in [0.717, 1.165) is 0 Å². The molecule has 1 heterocycles. The molecule has 76 valence electrons. The van der Waals surface area contributed by atoms with Crippen molar-refractivity contribution in [3.63, 3.8) is 0 Å². The highest BCUT2D eigenvalue weighted by Crippen LogP contribution is 2.12. The lowest BCUT2D eigenvalue weighted by Crippen LogP contribution is -2.32. The zero-order valence-corrected chi connectivity index (χ0v) is 7.83. The van der Waals surface area contributed by atoms with Crippen LogP contribution in [0.2, 0.25) is 0 Å². The Morgan fingerprint density at radius 2 is 2.21 bits per heavy atom. The van der Waals surface area contributed by atoms with E-state index in [2.05, 4.69) is 9.97 Å². The summed E-state index contributed by atoms with van der Waals surface area (Å²) in [5, 5.41) is 10.6. The molecule has 0 saturated heterocycles. The SMILES string of the molecule is Cc1nc(N)[nH]c(=O)c1[C@@H](C)C(=O)[O-]. The van der Waals surface area contributed by atoms with Crippen molar-refractivity contribution in [2.75, 3.05) is 5.73 Å². The van der Waals surface area contributed by atoms with E-state index in [9.17, 15) is 14.7 Å². The fourth-order valence-corrected chi connectivity index (χ4v) is 1.24. The molecule has 0 aliphatic rings. The highest BCUT2D eigenvalue weighted by molar-refractivity contribution is 5.73. The van der Waals surface area contributed by atoms with Crippen molar-refractivity contribution in [1.29, 1.82) is 0 Å². The van der Waals surface area contributed by atoms with Crippen LogP contribution in [0.4, 0.5) is 5.95 Å². The minimum atomic E-state index is -1.31. The van der Waals surface area contributed by atoms with Crippen molar-refractivity contribution in [2.45, 2.75) is 19.8 Å². The molecule has 14 heavy (non-hydrogen) atoms. The molecule has 0 aromatic carbocycles.